The molecule has 1 saturated heterocycles. The number of hydrogen-bond donors (Lipinski definition) is 1. The summed E-state index contributed by atoms with van der Waals surface area (Å²) in [4.78, 5) is 17.5. The van der Waals surface area contributed by atoms with Crippen LogP contribution >= 0.6 is 0 Å². The molecule has 0 saturated carbocycles. The second-order valence-electron chi connectivity index (χ2n) is 4.14. The number of pyridine rings is 1. The van der Waals surface area contributed by atoms with Crippen LogP contribution in [0, 0.1) is 0 Å². The lowest BCUT2D eigenvalue weighted by atomic mass is 10.2. The smallest absolute Gasteiger partial charge is 0.248 e. The molecule has 0 aliphatic carbocycles. The maximum absolute atomic E-state index is 11.6. The van der Waals surface area contributed by atoms with Gasteiger partial charge in [-0.3, -0.25) is 9.78 Å². The predicted octanol–water partition coefficient (Wildman–Crippen LogP) is 0.741. The van der Waals surface area contributed by atoms with Crippen molar-refractivity contribution in [1.29, 1.82) is 0 Å². The van der Waals surface area contributed by atoms with Crippen LogP contribution in [0.2, 0.25) is 0 Å². The Morgan fingerprint density at radius 2 is 2.59 bits per heavy atom. The van der Waals surface area contributed by atoms with Gasteiger partial charge in [0.25, 0.3) is 0 Å². The molecular weight excluding hydrogens is 218 g/mol. The van der Waals surface area contributed by atoms with Gasteiger partial charge in [0.1, 0.15) is 6.61 Å². The maximum atomic E-state index is 11.6. The lowest BCUT2D eigenvalue weighted by Crippen LogP contribution is -2.33. The fourth-order valence-electron chi connectivity index (χ4n) is 2.00. The van der Waals surface area contributed by atoms with Crippen molar-refractivity contribution in [3.05, 3.63) is 24.5 Å². The lowest BCUT2D eigenvalue weighted by Gasteiger charge is -2.17. The zero-order valence-corrected chi connectivity index (χ0v) is 9.93. The molecule has 1 amide bonds. The van der Waals surface area contributed by atoms with Crippen LogP contribution in [0.25, 0.3) is 0 Å². The molecule has 1 aromatic rings. The van der Waals surface area contributed by atoms with E-state index in [0.29, 0.717) is 6.04 Å². The van der Waals surface area contributed by atoms with Gasteiger partial charge < -0.3 is 15.0 Å². The first-order valence-corrected chi connectivity index (χ1v) is 5.73. The highest BCUT2D eigenvalue weighted by Crippen LogP contribution is 2.14. The van der Waals surface area contributed by atoms with Crippen molar-refractivity contribution in [2.45, 2.75) is 12.5 Å². The third kappa shape index (κ3) is 3.17. The van der Waals surface area contributed by atoms with Crippen molar-refractivity contribution >= 4 is 11.6 Å². The molecule has 1 fully saturated rings. The summed E-state index contributed by atoms with van der Waals surface area (Å²) in [5, 5.41) is 3.37. The minimum atomic E-state index is 0.0583. The van der Waals surface area contributed by atoms with Crippen LogP contribution in [-0.4, -0.2) is 48.6 Å². The van der Waals surface area contributed by atoms with Crippen LogP contribution in [0.3, 0.4) is 0 Å². The third-order valence-electron chi connectivity index (χ3n) is 2.84. The number of amides is 1. The molecule has 2 rings (SSSR count). The summed E-state index contributed by atoms with van der Waals surface area (Å²) in [5.41, 5.74) is 0.999. The van der Waals surface area contributed by atoms with Crippen LogP contribution in [0.4, 0.5) is 5.69 Å². The van der Waals surface area contributed by atoms with E-state index >= 15 is 0 Å². The van der Waals surface area contributed by atoms with E-state index in [0.717, 1.165) is 25.2 Å². The largest absolute Gasteiger partial charge is 0.379 e. The number of nitrogens with zero attached hydrogens (tertiary/aromatic N) is 2. The Hall–Kier alpha value is -1.62. The van der Waals surface area contributed by atoms with Gasteiger partial charge in [0, 0.05) is 38.6 Å². The molecule has 17 heavy (non-hydrogen) atoms. The second kappa shape index (κ2) is 5.63. The Morgan fingerprint density at radius 3 is 3.29 bits per heavy atom. The molecule has 5 nitrogen and oxygen atoms in total. The SMILES string of the molecule is COCC(=O)N1CCC(Nc2cccnc2)C1. The minimum Gasteiger partial charge on any atom is -0.379 e. The zero-order chi connectivity index (χ0) is 12.1. The summed E-state index contributed by atoms with van der Waals surface area (Å²) in [6, 6.07) is 4.18. The summed E-state index contributed by atoms with van der Waals surface area (Å²) in [5.74, 6) is 0.0583. The van der Waals surface area contributed by atoms with E-state index in [9.17, 15) is 4.79 Å². The van der Waals surface area contributed by atoms with Gasteiger partial charge in [0.05, 0.1) is 5.69 Å². The fraction of sp³-hybridized carbons (Fsp3) is 0.500. The molecule has 0 bridgehead atoms. The van der Waals surface area contributed by atoms with Crippen molar-refractivity contribution in [2.75, 3.05) is 32.1 Å². The highest BCUT2D eigenvalue weighted by Gasteiger charge is 2.25. The van der Waals surface area contributed by atoms with Gasteiger partial charge in [0.15, 0.2) is 0 Å². The van der Waals surface area contributed by atoms with Gasteiger partial charge >= 0.3 is 0 Å². The summed E-state index contributed by atoms with van der Waals surface area (Å²) < 4.78 is 4.85. The quantitative estimate of drug-likeness (QED) is 0.836. The molecule has 1 atom stereocenters. The van der Waals surface area contributed by atoms with E-state index in [-0.39, 0.29) is 12.5 Å². The first-order valence-electron chi connectivity index (χ1n) is 5.73. The molecule has 1 aliphatic heterocycles. The molecule has 5 heteroatoms. The fourth-order valence-corrected chi connectivity index (χ4v) is 2.00. The topological polar surface area (TPSA) is 54.5 Å². The molecule has 0 radical (unpaired) electrons. The van der Waals surface area contributed by atoms with Crippen molar-refractivity contribution in [3.63, 3.8) is 0 Å². The second-order valence-corrected chi connectivity index (χ2v) is 4.14. The molecule has 1 aromatic heterocycles. The predicted molar refractivity (Wildman–Crippen MR) is 64.7 cm³/mol. The third-order valence-corrected chi connectivity index (χ3v) is 2.84. The first-order chi connectivity index (χ1) is 8.29. The number of anilines is 1. The number of hydrogen-bond acceptors (Lipinski definition) is 4. The highest BCUT2D eigenvalue weighted by molar-refractivity contribution is 5.77. The molecule has 0 aromatic carbocycles. The number of methoxy groups -OCH3 is 1. The molecule has 2 heterocycles. The molecular formula is C12H17N3O2. The number of aromatic nitrogens is 1. The Balaban J connectivity index is 1.84. The average Bonchev–Trinajstić information content (AvgIpc) is 2.79. The van der Waals surface area contributed by atoms with Crippen molar-refractivity contribution in [3.8, 4) is 0 Å². The first kappa shape index (κ1) is 11.9. The Kier molecular flexibility index (Phi) is 3.93. The van der Waals surface area contributed by atoms with Gasteiger partial charge in [-0.15, -0.1) is 0 Å². The highest BCUT2D eigenvalue weighted by atomic mass is 16.5. The van der Waals surface area contributed by atoms with Crippen LogP contribution in [0.5, 0.6) is 0 Å². The van der Waals surface area contributed by atoms with Crippen LogP contribution in [0.15, 0.2) is 24.5 Å². The Bertz CT molecular complexity index is 369. The summed E-state index contributed by atoms with van der Waals surface area (Å²) in [7, 11) is 1.54. The van der Waals surface area contributed by atoms with Crippen LogP contribution in [-0.2, 0) is 9.53 Å². The van der Waals surface area contributed by atoms with Gasteiger partial charge in [-0.25, -0.2) is 0 Å². The average molecular weight is 235 g/mol. The van der Waals surface area contributed by atoms with E-state index in [1.165, 1.54) is 0 Å². The molecule has 92 valence electrons. The van der Waals surface area contributed by atoms with Gasteiger partial charge in [-0.2, -0.15) is 0 Å². The lowest BCUT2D eigenvalue weighted by molar-refractivity contribution is -0.134. The zero-order valence-electron chi connectivity index (χ0n) is 9.93. The van der Waals surface area contributed by atoms with Crippen molar-refractivity contribution < 1.29 is 9.53 Å². The van der Waals surface area contributed by atoms with Gasteiger partial charge in [-0.1, -0.05) is 0 Å². The molecule has 1 N–H and O–H groups in total. The van der Waals surface area contributed by atoms with Crippen LogP contribution in [0.1, 0.15) is 6.42 Å². The number of rotatable bonds is 4. The van der Waals surface area contributed by atoms with E-state index in [2.05, 4.69) is 10.3 Å². The standard InChI is InChI=1S/C12H17N3O2/c1-17-9-12(16)15-6-4-11(8-15)14-10-3-2-5-13-7-10/h2-3,5,7,11,14H,4,6,8-9H2,1H3. The molecule has 1 aliphatic rings. The molecule has 0 spiro atoms. The van der Waals surface area contributed by atoms with E-state index < -0.39 is 0 Å². The summed E-state index contributed by atoms with van der Waals surface area (Å²) >= 11 is 0. The van der Waals surface area contributed by atoms with Crippen molar-refractivity contribution in [2.24, 2.45) is 0 Å². The van der Waals surface area contributed by atoms with Crippen LogP contribution < -0.4 is 5.32 Å². The number of carbonyl (C=O) groups excluding carboxylic acids is 1. The van der Waals surface area contributed by atoms with E-state index in [4.69, 9.17) is 4.74 Å². The summed E-state index contributed by atoms with van der Waals surface area (Å²) in [6.07, 6.45) is 4.50. The maximum Gasteiger partial charge on any atom is 0.248 e. The normalized spacial score (nSPS) is 19.4. The number of carbonyl (C=O) groups is 1. The summed E-state index contributed by atoms with van der Waals surface area (Å²) in [6.45, 7) is 1.69. The number of likely N-dealkylation sites (tertiary alicyclic amines) is 1. The number of nitrogens with one attached hydrogen (secondary N) is 1. The Labute approximate surface area is 101 Å². The van der Waals surface area contributed by atoms with E-state index in [1.54, 1.807) is 19.5 Å². The minimum absolute atomic E-state index is 0.0583. The molecule has 1 unspecified atom stereocenters. The van der Waals surface area contributed by atoms with Crippen molar-refractivity contribution in [1.82, 2.24) is 9.88 Å². The van der Waals surface area contributed by atoms with E-state index in [1.807, 2.05) is 17.0 Å². The van der Waals surface area contributed by atoms with Gasteiger partial charge in [0.2, 0.25) is 5.91 Å². The van der Waals surface area contributed by atoms with Gasteiger partial charge in [-0.05, 0) is 18.6 Å². The monoisotopic (exact) mass is 235 g/mol. The number of ether oxygens (including phenoxy) is 1. The Morgan fingerprint density at radius 1 is 1.71 bits per heavy atom.